The van der Waals surface area contributed by atoms with E-state index < -0.39 is 5.25 Å². The molecule has 1 saturated carbocycles. The van der Waals surface area contributed by atoms with E-state index in [-0.39, 0.29) is 5.91 Å². The second kappa shape index (κ2) is 10.1. The number of aromatic nitrogens is 3. The molecule has 1 atom stereocenters. The molecule has 0 saturated heterocycles. The van der Waals surface area contributed by atoms with Crippen molar-refractivity contribution in [1.82, 2.24) is 14.8 Å². The number of thioether (sulfide) groups is 1. The van der Waals surface area contributed by atoms with E-state index in [1.165, 1.54) is 11.8 Å². The summed E-state index contributed by atoms with van der Waals surface area (Å²) in [5.74, 6) is 1.89. The topological polar surface area (TPSA) is 69.0 Å². The van der Waals surface area contributed by atoms with Crippen LogP contribution >= 0.6 is 11.8 Å². The first-order chi connectivity index (χ1) is 16.7. The lowest BCUT2D eigenvalue weighted by Crippen LogP contribution is -2.20. The fourth-order valence-electron chi connectivity index (χ4n) is 3.84. The van der Waals surface area contributed by atoms with Crippen molar-refractivity contribution in [2.24, 2.45) is 0 Å². The van der Waals surface area contributed by atoms with E-state index >= 15 is 0 Å². The zero-order chi connectivity index (χ0) is 23.3. The van der Waals surface area contributed by atoms with Crippen LogP contribution in [0, 0.1) is 0 Å². The van der Waals surface area contributed by atoms with Crippen molar-refractivity contribution < 1.29 is 9.53 Å². The number of nitrogens with zero attached hydrogens (tertiary/aromatic N) is 3. The van der Waals surface area contributed by atoms with Gasteiger partial charge >= 0.3 is 0 Å². The van der Waals surface area contributed by atoms with Gasteiger partial charge in [0.1, 0.15) is 16.8 Å². The first-order valence-electron chi connectivity index (χ1n) is 11.5. The van der Waals surface area contributed by atoms with Crippen LogP contribution in [0.1, 0.15) is 42.3 Å². The second-order valence-corrected chi connectivity index (χ2v) is 9.19. The molecular formula is C27H26N4O2S. The number of benzene rings is 3. The third-order valence-electron chi connectivity index (χ3n) is 5.62. The molecule has 4 aromatic rings. The minimum absolute atomic E-state index is 0.140. The van der Waals surface area contributed by atoms with Crippen LogP contribution in [-0.2, 0) is 4.79 Å². The number of carbonyl (C=O) groups is 1. The van der Waals surface area contributed by atoms with Crippen LogP contribution in [0.2, 0.25) is 0 Å². The molecule has 1 fully saturated rings. The average molecular weight is 471 g/mol. The van der Waals surface area contributed by atoms with Gasteiger partial charge in [0.15, 0.2) is 5.16 Å². The summed E-state index contributed by atoms with van der Waals surface area (Å²) in [6.07, 6.45) is 2.24. The number of ether oxygens (including phenoxy) is 1. The summed E-state index contributed by atoms with van der Waals surface area (Å²) < 4.78 is 7.80. The summed E-state index contributed by atoms with van der Waals surface area (Å²) in [5.41, 5.74) is 2.55. The molecule has 7 heteroatoms. The smallest absolute Gasteiger partial charge is 0.242 e. The van der Waals surface area contributed by atoms with Crippen LogP contribution in [0.5, 0.6) is 5.75 Å². The highest BCUT2D eigenvalue weighted by Crippen LogP contribution is 2.43. The van der Waals surface area contributed by atoms with Gasteiger partial charge in [0.05, 0.1) is 12.3 Å². The maximum Gasteiger partial charge on any atom is 0.242 e. The molecule has 6 nitrogen and oxygen atoms in total. The Balaban J connectivity index is 1.50. The van der Waals surface area contributed by atoms with Gasteiger partial charge in [-0.2, -0.15) is 0 Å². The Kier molecular flexibility index (Phi) is 6.62. The summed E-state index contributed by atoms with van der Waals surface area (Å²) in [6.45, 7) is 2.45. The molecular weight excluding hydrogens is 444 g/mol. The highest BCUT2D eigenvalue weighted by atomic mass is 32.2. The van der Waals surface area contributed by atoms with Gasteiger partial charge in [0, 0.05) is 11.6 Å². The number of anilines is 1. The second-order valence-electron chi connectivity index (χ2n) is 8.11. The summed E-state index contributed by atoms with van der Waals surface area (Å²) in [7, 11) is 0. The highest BCUT2D eigenvalue weighted by molar-refractivity contribution is 8.00. The largest absolute Gasteiger partial charge is 0.492 e. The number of nitrogens with one attached hydrogen (secondary N) is 1. The first-order valence-corrected chi connectivity index (χ1v) is 12.4. The number of hydrogen-bond donors (Lipinski definition) is 1. The molecule has 1 amide bonds. The third kappa shape index (κ3) is 4.84. The molecule has 34 heavy (non-hydrogen) atoms. The van der Waals surface area contributed by atoms with E-state index in [4.69, 9.17) is 4.74 Å². The number of rotatable bonds is 9. The Morgan fingerprint density at radius 3 is 2.38 bits per heavy atom. The third-order valence-corrected chi connectivity index (χ3v) is 6.82. The summed E-state index contributed by atoms with van der Waals surface area (Å²) in [6, 6.07) is 27.4. The monoisotopic (exact) mass is 470 g/mol. The van der Waals surface area contributed by atoms with Crippen molar-refractivity contribution in [1.29, 1.82) is 0 Å². The minimum Gasteiger partial charge on any atom is -0.492 e. The molecule has 0 radical (unpaired) electrons. The molecule has 0 bridgehead atoms. The van der Waals surface area contributed by atoms with Crippen molar-refractivity contribution in [3.8, 4) is 11.4 Å². The summed E-state index contributed by atoms with van der Waals surface area (Å²) in [4.78, 5) is 13.6. The zero-order valence-electron chi connectivity index (χ0n) is 18.9. The predicted octanol–water partition coefficient (Wildman–Crippen LogP) is 6.02. The van der Waals surface area contributed by atoms with Crippen molar-refractivity contribution in [3.63, 3.8) is 0 Å². The molecule has 1 aliphatic carbocycles. The van der Waals surface area contributed by atoms with Crippen LogP contribution in [0.25, 0.3) is 5.69 Å². The van der Waals surface area contributed by atoms with Gasteiger partial charge in [0.25, 0.3) is 0 Å². The molecule has 3 aromatic carbocycles. The molecule has 0 spiro atoms. The summed E-state index contributed by atoms with van der Waals surface area (Å²) in [5, 5.41) is 12.3. The average Bonchev–Trinajstić information content (AvgIpc) is 3.64. The standard InChI is InChI=1S/C27H26N4O2S/c1-2-33-23-16-10-9-15-22(23)28-26(32)24(19-11-5-3-6-12-19)34-27-30-29-25(20-17-18-20)31(27)21-13-7-4-8-14-21/h3-16,20,24H,2,17-18H2,1H3,(H,28,32). The maximum atomic E-state index is 13.6. The van der Waals surface area contributed by atoms with E-state index in [1.807, 2.05) is 79.7 Å². The molecule has 1 heterocycles. The molecule has 1 aromatic heterocycles. The van der Waals surface area contributed by atoms with Crippen molar-refractivity contribution in [2.45, 2.75) is 36.1 Å². The first kappa shape index (κ1) is 22.2. The van der Waals surface area contributed by atoms with Crippen molar-refractivity contribution in [3.05, 3.63) is 96.3 Å². The van der Waals surface area contributed by atoms with Gasteiger partial charge < -0.3 is 10.1 Å². The van der Waals surface area contributed by atoms with E-state index in [9.17, 15) is 4.79 Å². The SMILES string of the molecule is CCOc1ccccc1NC(=O)C(Sc1nnc(C2CC2)n1-c1ccccc1)c1ccccc1. The Morgan fingerprint density at radius 2 is 1.68 bits per heavy atom. The van der Waals surface area contributed by atoms with Gasteiger partial charge in [0.2, 0.25) is 5.91 Å². The van der Waals surface area contributed by atoms with E-state index in [2.05, 4.69) is 32.2 Å². The molecule has 0 aliphatic heterocycles. The van der Waals surface area contributed by atoms with Crippen LogP contribution in [0.4, 0.5) is 5.69 Å². The van der Waals surface area contributed by atoms with Gasteiger partial charge in [-0.1, -0.05) is 72.4 Å². The quantitative estimate of drug-likeness (QED) is 0.303. The molecule has 172 valence electrons. The fraction of sp³-hybridized carbons (Fsp3) is 0.222. The lowest BCUT2D eigenvalue weighted by molar-refractivity contribution is -0.115. The van der Waals surface area contributed by atoms with Gasteiger partial charge in [-0.05, 0) is 49.6 Å². The Labute approximate surface area is 203 Å². The van der Waals surface area contributed by atoms with Crippen molar-refractivity contribution >= 4 is 23.4 Å². The van der Waals surface area contributed by atoms with E-state index in [0.717, 1.165) is 29.9 Å². The minimum atomic E-state index is -0.519. The zero-order valence-corrected chi connectivity index (χ0v) is 19.7. The number of carbonyl (C=O) groups excluding carboxylic acids is 1. The number of para-hydroxylation sites is 3. The Hall–Kier alpha value is -3.58. The number of hydrogen-bond acceptors (Lipinski definition) is 5. The van der Waals surface area contributed by atoms with Crippen LogP contribution in [0.3, 0.4) is 0 Å². The van der Waals surface area contributed by atoms with Crippen molar-refractivity contribution in [2.75, 3.05) is 11.9 Å². The highest BCUT2D eigenvalue weighted by Gasteiger charge is 2.33. The van der Waals surface area contributed by atoms with Gasteiger partial charge in [-0.25, -0.2) is 0 Å². The van der Waals surface area contributed by atoms with Gasteiger partial charge in [-0.15, -0.1) is 10.2 Å². The fourth-order valence-corrected chi connectivity index (χ4v) is 4.90. The predicted molar refractivity (Wildman–Crippen MR) is 135 cm³/mol. The van der Waals surface area contributed by atoms with E-state index in [1.54, 1.807) is 0 Å². The molecule has 1 unspecified atom stereocenters. The van der Waals surface area contributed by atoms with Gasteiger partial charge in [-0.3, -0.25) is 9.36 Å². The van der Waals surface area contributed by atoms with Crippen LogP contribution < -0.4 is 10.1 Å². The van der Waals surface area contributed by atoms with Crippen LogP contribution in [-0.4, -0.2) is 27.3 Å². The van der Waals surface area contributed by atoms with E-state index in [0.29, 0.717) is 29.1 Å². The Morgan fingerprint density at radius 1 is 1.00 bits per heavy atom. The lowest BCUT2D eigenvalue weighted by atomic mass is 10.1. The normalized spacial score (nSPS) is 13.9. The summed E-state index contributed by atoms with van der Waals surface area (Å²) >= 11 is 1.41. The lowest BCUT2D eigenvalue weighted by Gasteiger charge is -2.19. The number of amides is 1. The molecule has 1 N–H and O–H groups in total. The van der Waals surface area contributed by atoms with Crippen LogP contribution in [0.15, 0.2) is 90.1 Å². The maximum absolute atomic E-state index is 13.6. The molecule has 5 rings (SSSR count). The Bertz CT molecular complexity index is 1260. The molecule has 1 aliphatic rings.